The third kappa shape index (κ3) is 6.79. The largest absolute Gasteiger partial charge is 0.506 e. The van der Waals surface area contributed by atoms with Gasteiger partial charge in [-0.25, -0.2) is 5.43 Å². The predicted octanol–water partition coefficient (Wildman–Crippen LogP) is 5.91. The molecule has 3 heterocycles. The SMILES string of the molecule is CC(=NNC(=O)c1ccc(C(=O)Nc2cccnc2)s1)c1csc(-c2ccc(Cl)c(Cl)c2)c1O.[K]. The maximum absolute atomic E-state index is 12.5. The summed E-state index contributed by atoms with van der Waals surface area (Å²) in [5, 5.41) is 20.0. The van der Waals surface area contributed by atoms with Gasteiger partial charge in [-0.05, 0) is 48.9 Å². The molecule has 0 spiro atoms. The van der Waals surface area contributed by atoms with Crippen molar-refractivity contribution in [2.75, 3.05) is 5.32 Å². The molecule has 1 aromatic carbocycles. The Labute approximate surface area is 261 Å². The third-order valence-electron chi connectivity index (χ3n) is 4.63. The number of pyridine rings is 1. The Balaban J connectivity index is 0.00000342. The predicted molar refractivity (Wildman–Crippen MR) is 143 cm³/mol. The minimum absolute atomic E-state index is 0. The summed E-state index contributed by atoms with van der Waals surface area (Å²) in [5.74, 6) is -0.775. The fraction of sp³-hybridized carbons (Fsp3) is 0.0435. The number of carbonyl (C=O) groups excluding carboxylic acids is 2. The average Bonchev–Trinajstić information content (AvgIpc) is 3.47. The summed E-state index contributed by atoms with van der Waals surface area (Å²) < 4.78 is 0. The Bertz CT molecular complexity index is 1410. The number of nitrogens with zero attached hydrogens (tertiary/aromatic N) is 2. The number of hydrazone groups is 1. The van der Waals surface area contributed by atoms with Gasteiger partial charge >= 0.3 is 0 Å². The van der Waals surface area contributed by atoms with Gasteiger partial charge in [0.2, 0.25) is 0 Å². The molecule has 0 bridgehead atoms. The van der Waals surface area contributed by atoms with Crippen molar-refractivity contribution < 1.29 is 14.7 Å². The fourth-order valence-corrected chi connectivity index (χ4v) is 5.00. The number of amides is 2. The van der Waals surface area contributed by atoms with E-state index in [9.17, 15) is 14.7 Å². The van der Waals surface area contributed by atoms with Gasteiger partial charge in [0.1, 0.15) is 5.75 Å². The first-order chi connectivity index (χ1) is 16.3. The van der Waals surface area contributed by atoms with E-state index in [1.807, 2.05) is 0 Å². The Morgan fingerprint density at radius 2 is 1.80 bits per heavy atom. The summed E-state index contributed by atoms with van der Waals surface area (Å²) >= 11 is 14.4. The molecule has 2 amide bonds. The Morgan fingerprint density at radius 3 is 2.49 bits per heavy atom. The van der Waals surface area contributed by atoms with Crippen LogP contribution in [0.4, 0.5) is 5.69 Å². The number of nitrogens with one attached hydrogen (secondary N) is 2. The van der Waals surface area contributed by atoms with Crippen molar-refractivity contribution in [3.63, 3.8) is 0 Å². The molecule has 0 aliphatic carbocycles. The molecule has 1 radical (unpaired) electrons. The molecular formula is C23H16Cl2KN4O3S2. The summed E-state index contributed by atoms with van der Waals surface area (Å²) in [6.45, 7) is 1.67. The third-order valence-corrected chi connectivity index (χ3v) is 7.47. The minimum atomic E-state index is -0.468. The Kier molecular flexibility index (Phi) is 10.0. The number of hydrogen-bond acceptors (Lipinski definition) is 7. The molecule has 0 unspecified atom stereocenters. The number of hydrogen-bond donors (Lipinski definition) is 3. The molecule has 7 nitrogen and oxygen atoms in total. The number of benzene rings is 1. The summed E-state index contributed by atoms with van der Waals surface area (Å²) in [6.07, 6.45) is 3.14. The van der Waals surface area contributed by atoms with Gasteiger partial charge in [0.25, 0.3) is 11.8 Å². The molecule has 35 heavy (non-hydrogen) atoms. The van der Waals surface area contributed by atoms with E-state index >= 15 is 0 Å². The normalized spacial score (nSPS) is 11.0. The van der Waals surface area contributed by atoms with Gasteiger partial charge in [-0.15, -0.1) is 22.7 Å². The summed E-state index contributed by atoms with van der Waals surface area (Å²) in [7, 11) is 0. The van der Waals surface area contributed by atoms with E-state index in [0.717, 1.165) is 16.9 Å². The summed E-state index contributed by atoms with van der Waals surface area (Å²) in [5.41, 5.74) is 4.64. The van der Waals surface area contributed by atoms with Crippen LogP contribution in [0.15, 0.2) is 65.3 Å². The zero-order chi connectivity index (χ0) is 24.2. The van der Waals surface area contributed by atoms with Crippen LogP contribution in [0.3, 0.4) is 0 Å². The van der Waals surface area contributed by atoms with Crippen molar-refractivity contribution in [3.05, 3.63) is 85.6 Å². The number of aromatic hydroxyl groups is 1. The van der Waals surface area contributed by atoms with Crippen LogP contribution in [0.2, 0.25) is 10.0 Å². The molecule has 0 aliphatic rings. The zero-order valence-electron chi connectivity index (χ0n) is 18.5. The van der Waals surface area contributed by atoms with Gasteiger partial charge in [-0.3, -0.25) is 14.6 Å². The van der Waals surface area contributed by atoms with Crippen molar-refractivity contribution in [2.45, 2.75) is 6.92 Å². The molecule has 4 aromatic rings. The number of thiophene rings is 2. The number of anilines is 1. The topological polar surface area (TPSA) is 104 Å². The maximum atomic E-state index is 12.5. The number of halogens is 2. The van der Waals surface area contributed by atoms with E-state index in [0.29, 0.717) is 41.6 Å². The van der Waals surface area contributed by atoms with E-state index in [1.54, 1.807) is 61.0 Å². The summed E-state index contributed by atoms with van der Waals surface area (Å²) in [4.78, 5) is 30.1. The van der Waals surface area contributed by atoms with Crippen LogP contribution in [0.1, 0.15) is 31.8 Å². The van der Waals surface area contributed by atoms with Gasteiger partial charge in [0, 0.05) is 63.0 Å². The van der Waals surface area contributed by atoms with Gasteiger partial charge in [-0.2, -0.15) is 5.10 Å². The van der Waals surface area contributed by atoms with Crippen molar-refractivity contribution >= 4 is 120 Å². The molecule has 0 saturated carbocycles. The van der Waals surface area contributed by atoms with Crippen LogP contribution in [0, 0.1) is 0 Å². The van der Waals surface area contributed by atoms with Gasteiger partial charge in [0.15, 0.2) is 0 Å². The second-order valence-corrected chi connectivity index (χ2v) is 9.73. The number of carbonyl (C=O) groups is 2. The van der Waals surface area contributed by atoms with E-state index in [2.05, 4.69) is 20.8 Å². The number of aromatic nitrogens is 1. The second-order valence-electron chi connectivity index (χ2n) is 6.95. The van der Waals surface area contributed by atoms with Crippen LogP contribution in [-0.4, -0.2) is 79.0 Å². The summed E-state index contributed by atoms with van der Waals surface area (Å²) in [6, 6.07) is 11.6. The first-order valence-electron chi connectivity index (χ1n) is 9.75. The average molecular weight is 571 g/mol. The molecule has 3 aromatic heterocycles. The Morgan fingerprint density at radius 1 is 1.06 bits per heavy atom. The van der Waals surface area contributed by atoms with E-state index in [-0.39, 0.29) is 63.0 Å². The van der Waals surface area contributed by atoms with Crippen molar-refractivity contribution in [1.29, 1.82) is 0 Å². The van der Waals surface area contributed by atoms with Crippen LogP contribution in [0.5, 0.6) is 5.75 Å². The minimum Gasteiger partial charge on any atom is -0.506 e. The van der Waals surface area contributed by atoms with Crippen molar-refractivity contribution in [1.82, 2.24) is 10.4 Å². The first-order valence-corrected chi connectivity index (χ1v) is 12.2. The quantitative estimate of drug-likeness (QED) is 0.152. The van der Waals surface area contributed by atoms with Gasteiger partial charge in [-0.1, -0.05) is 29.3 Å². The second kappa shape index (κ2) is 12.6. The smallest absolute Gasteiger partial charge is 0.281 e. The molecule has 173 valence electrons. The standard InChI is InChI=1S/C23H16Cl2N4O3S2.K/c1-12(15-11-33-21(20(15)30)13-4-5-16(24)17(25)9-13)28-29-23(32)19-7-6-18(34-19)22(31)27-14-3-2-8-26-10-14;/h2-11,30H,1H3,(H,27,31)(H,29,32);. The van der Waals surface area contributed by atoms with E-state index in [1.165, 1.54) is 17.5 Å². The molecule has 0 fully saturated rings. The maximum Gasteiger partial charge on any atom is 0.281 e. The monoisotopic (exact) mass is 569 g/mol. The van der Waals surface area contributed by atoms with E-state index < -0.39 is 5.91 Å². The molecule has 3 N–H and O–H groups in total. The molecule has 0 atom stereocenters. The van der Waals surface area contributed by atoms with E-state index in [4.69, 9.17) is 23.2 Å². The fourth-order valence-electron chi connectivity index (χ4n) is 2.91. The molecule has 12 heteroatoms. The van der Waals surface area contributed by atoms with Crippen LogP contribution < -0.4 is 10.7 Å². The van der Waals surface area contributed by atoms with Crippen molar-refractivity contribution in [3.8, 4) is 16.2 Å². The van der Waals surface area contributed by atoms with Crippen LogP contribution in [0.25, 0.3) is 10.4 Å². The van der Waals surface area contributed by atoms with Crippen LogP contribution >= 0.6 is 45.9 Å². The van der Waals surface area contributed by atoms with Gasteiger partial charge < -0.3 is 10.4 Å². The molecule has 0 saturated heterocycles. The molecule has 0 aliphatic heterocycles. The molecule has 4 rings (SSSR count). The van der Waals surface area contributed by atoms with Gasteiger partial charge in [0.05, 0.1) is 47.8 Å². The zero-order valence-corrected chi connectivity index (χ0v) is 24.8. The first kappa shape index (κ1) is 28.0. The Hall–Kier alpha value is -1.60. The van der Waals surface area contributed by atoms with Crippen LogP contribution in [-0.2, 0) is 0 Å². The number of rotatable bonds is 6. The molecular weight excluding hydrogens is 554 g/mol. The van der Waals surface area contributed by atoms with Crippen molar-refractivity contribution in [2.24, 2.45) is 5.10 Å².